The van der Waals surface area contributed by atoms with Crippen molar-refractivity contribution in [2.24, 2.45) is 0 Å². The minimum atomic E-state index is -2.55. The molecule has 0 radical (unpaired) electrons. The van der Waals surface area contributed by atoms with Crippen molar-refractivity contribution in [2.75, 3.05) is 26.2 Å². The van der Waals surface area contributed by atoms with Crippen LogP contribution in [0.4, 0.5) is 0 Å². The Kier molecular flexibility index (Phi) is 3.44. The maximum atomic E-state index is 10.4. The van der Waals surface area contributed by atoms with Crippen LogP contribution in [0.3, 0.4) is 0 Å². The summed E-state index contributed by atoms with van der Waals surface area (Å²) < 4.78 is 44.2. The van der Waals surface area contributed by atoms with Crippen molar-refractivity contribution in [1.29, 1.82) is 0 Å². The zero-order chi connectivity index (χ0) is 9.14. The Morgan fingerprint density at radius 1 is 0.667 bits per heavy atom. The molecule has 1 saturated heterocycles. The van der Waals surface area contributed by atoms with Gasteiger partial charge in [-0.3, -0.25) is 0 Å². The zero-order valence-corrected chi connectivity index (χ0v) is 8.04. The van der Waals surface area contributed by atoms with Gasteiger partial charge in [-0.1, -0.05) is 0 Å². The Balaban J connectivity index is 2.50. The zero-order valence-electron chi connectivity index (χ0n) is 6.25. The van der Waals surface area contributed by atoms with Crippen molar-refractivity contribution in [3.63, 3.8) is 0 Å². The summed E-state index contributed by atoms with van der Waals surface area (Å²) in [4.78, 5) is 0. The van der Waals surface area contributed by atoms with Crippen LogP contribution in [0.5, 0.6) is 0 Å². The SMILES string of the molecule is O=[SH](=O)N1CCN([SH](=O)=O)CC1. The molecule has 1 aliphatic rings. The number of hydrogen-bond acceptors (Lipinski definition) is 4. The molecular formula is C4H10N2O4S2. The standard InChI is InChI=1S/C4H10N2O4S2/c7-11(8)5-1-2-6(4-3-5)12(9)10/h11-12H,1-4H2. The van der Waals surface area contributed by atoms with Gasteiger partial charge in [0.15, 0.2) is 0 Å². The van der Waals surface area contributed by atoms with Crippen LogP contribution >= 0.6 is 0 Å². The Morgan fingerprint density at radius 2 is 0.917 bits per heavy atom. The van der Waals surface area contributed by atoms with E-state index in [0.29, 0.717) is 0 Å². The van der Waals surface area contributed by atoms with Crippen molar-refractivity contribution in [3.05, 3.63) is 0 Å². The molecule has 0 aromatic heterocycles. The molecule has 0 aliphatic carbocycles. The second kappa shape index (κ2) is 4.17. The molecule has 0 aromatic rings. The van der Waals surface area contributed by atoms with Crippen molar-refractivity contribution in [1.82, 2.24) is 8.61 Å². The van der Waals surface area contributed by atoms with Crippen molar-refractivity contribution < 1.29 is 16.8 Å². The molecule has 0 amide bonds. The highest BCUT2D eigenvalue weighted by Crippen LogP contribution is 2.00. The Hall–Kier alpha value is -0.180. The molecule has 8 heteroatoms. The molecule has 0 spiro atoms. The highest BCUT2D eigenvalue weighted by atomic mass is 32.2. The van der Waals surface area contributed by atoms with Crippen LogP contribution in [0.25, 0.3) is 0 Å². The second-order valence-corrected chi connectivity index (χ2v) is 4.47. The molecule has 0 atom stereocenters. The second-order valence-electron chi connectivity index (χ2n) is 2.38. The third kappa shape index (κ3) is 2.41. The fourth-order valence-corrected chi connectivity index (χ4v) is 2.02. The predicted octanol–water partition coefficient (Wildman–Crippen LogP) is -2.34. The van der Waals surface area contributed by atoms with Gasteiger partial charge in [0.05, 0.1) is 0 Å². The number of rotatable bonds is 2. The minimum Gasteiger partial charge on any atom is -0.215 e. The lowest BCUT2D eigenvalue weighted by molar-refractivity contribution is 0.283. The average Bonchev–Trinajstić information content (AvgIpc) is 2.04. The largest absolute Gasteiger partial charge is 0.215 e. The molecular weight excluding hydrogens is 204 g/mol. The maximum absolute atomic E-state index is 10.4. The van der Waals surface area contributed by atoms with Gasteiger partial charge in [-0.25, -0.2) is 25.4 Å². The fourth-order valence-electron chi connectivity index (χ4n) is 1.01. The van der Waals surface area contributed by atoms with Crippen molar-refractivity contribution in [3.8, 4) is 0 Å². The van der Waals surface area contributed by atoms with Crippen LogP contribution in [0, 0.1) is 0 Å². The number of thiol groups is 2. The average molecular weight is 214 g/mol. The first-order valence-corrected chi connectivity index (χ1v) is 5.66. The van der Waals surface area contributed by atoms with E-state index in [-0.39, 0.29) is 26.2 Å². The van der Waals surface area contributed by atoms with Gasteiger partial charge in [-0.2, -0.15) is 0 Å². The van der Waals surface area contributed by atoms with E-state index >= 15 is 0 Å². The monoisotopic (exact) mass is 214 g/mol. The maximum Gasteiger partial charge on any atom is 0.204 e. The van der Waals surface area contributed by atoms with Crippen LogP contribution in [-0.2, 0) is 21.8 Å². The first-order chi connectivity index (χ1) is 5.61. The Morgan fingerprint density at radius 3 is 1.08 bits per heavy atom. The summed E-state index contributed by atoms with van der Waals surface area (Å²) in [6, 6.07) is 0. The van der Waals surface area contributed by atoms with E-state index in [2.05, 4.69) is 0 Å². The summed E-state index contributed by atoms with van der Waals surface area (Å²) in [5, 5.41) is 0. The van der Waals surface area contributed by atoms with E-state index in [0.717, 1.165) is 0 Å². The highest BCUT2D eigenvalue weighted by Gasteiger charge is 2.18. The third-order valence-electron chi connectivity index (χ3n) is 1.69. The summed E-state index contributed by atoms with van der Waals surface area (Å²) in [7, 11) is -5.09. The van der Waals surface area contributed by atoms with Gasteiger partial charge in [-0.05, 0) is 0 Å². The van der Waals surface area contributed by atoms with E-state index in [1.54, 1.807) is 0 Å². The topological polar surface area (TPSA) is 74.8 Å². The van der Waals surface area contributed by atoms with Crippen LogP contribution < -0.4 is 0 Å². The molecule has 1 aliphatic heterocycles. The molecule has 6 nitrogen and oxygen atoms in total. The summed E-state index contributed by atoms with van der Waals surface area (Å²) in [5.41, 5.74) is 0. The first-order valence-electron chi connectivity index (χ1n) is 3.40. The lowest BCUT2D eigenvalue weighted by atomic mass is 10.4. The van der Waals surface area contributed by atoms with E-state index in [1.807, 2.05) is 0 Å². The molecule has 0 bridgehead atoms. The van der Waals surface area contributed by atoms with Gasteiger partial charge in [0.25, 0.3) is 0 Å². The van der Waals surface area contributed by atoms with Crippen molar-refractivity contribution in [2.45, 2.75) is 0 Å². The molecule has 0 aromatic carbocycles. The van der Waals surface area contributed by atoms with E-state index in [9.17, 15) is 16.8 Å². The van der Waals surface area contributed by atoms with Crippen LogP contribution in [0.1, 0.15) is 0 Å². The molecule has 1 fully saturated rings. The lowest BCUT2D eigenvalue weighted by Gasteiger charge is -2.26. The summed E-state index contributed by atoms with van der Waals surface area (Å²) in [5.74, 6) is 0. The number of hydrogen-bond donors (Lipinski definition) is 2. The predicted molar refractivity (Wildman–Crippen MR) is 43.8 cm³/mol. The van der Waals surface area contributed by atoms with Crippen LogP contribution in [0.15, 0.2) is 0 Å². The molecule has 1 rings (SSSR count). The minimum absolute atomic E-state index is 0.266. The van der Waals surface area contributed by atoms with E-state index < -0.39 is 21.8 Å². The third-order valence-corrected chi connectivity index (χ3v) is 3.42. The molecule has 0 saturated carbocycles. The van der Waals surface area contributed by atoms with Crippen LogP contribution in [0.2, 0.25) is 0 Å². The fraction of sp³-hybridized carbons (Fsp3) is 1.00. The quantitative estimate of drug-likeness (QED) is 0.505. The first kappa shape index (κ1) is 9.90. The molecule has 72 valence electrons. The van der Waals surface area contributed by atoms with Gasteiger partial charge in [0.1, 0.15) is 0 Å². The van der Waals surface area contributed by atoms with Gasteiger partial charge in [0.2, 0.25) is 21.8 Å². The summed E-state index contributed by atoms with van der Waals surface area (Å²) in [6.07, 6.45) is 0. The smallest absolute Gasteiger partial charge is 0.204 e. The highest BCUT2D eigenvalue weighted by molar-refractivity contribution is 7.70. The molecule has 0 N–H and O–H groups in total. The van der Waals surface area contributed by atoms with E-state index in [1.165, 1.54) is 8.61 Å². The van der Waals surface area contributed by atoms with Gasteiger partial charge in [0, 0.05) is 26.2 Å². The summed E-state index contributed by atoms with van der Waals surface area (Å²) in [6.45, 7) is 1.06. The summed E-state index contributed by atoms with van der Waals surface area (Å²) >= 11 is 0. The lowest BCUT2D eigenvalue weighted by Crippen LogP contribution is -2.44. The molecule has 12 heavy (non-hydrogen) atoms. The molecule has 1 heterocycles. The van der Waals surface area contributed by atoms with Crippen molar-refractivity contribution >= 4 is 21.8 Å². The van der Waals surface area contributed by atoms with E-state index in [4.69, 9.17) is 0 Å². The Labute approximate surface area is 73.9 Å². The van der Waals surface area contributed by atoms with Crippen LogP contribution in [-0.4, -0.2) is 51.6 Å². The van der Waals surface area contributed by atoms with Gasteiger partial charge in [-0.15, -0.1) is 0 Å². The van der Waals surface area contributed by atoms with Gasteiger partial charge < -0.3 is 0 Å². The normalized spacial score (nSPS) is 22.2. The van der Waals surface area contributed by atoms with Gasteiger partial charge >= 0.3 is 0 Å². The molecule has 0 unspecified atom stereocenters. The number of nitrogens with zero attached hydrogens (tertiary/aromatic N) is 2. The number of piperazine rings is 1. The Bertz CT molecular complexity index is 243.